The Bertz CT molecular complexity index is 256. The third-order valence-electron chi connectivity index (χ3n) is 2.52. The summed E-state index contributed by atoms with van der Waals surface area (Å²) >= 11 is 0. The van der Waals surface area contributed by atoms with Crippen LogP contribution in [0.2, 0.25) is 0 Å². The summed E-state index contributed by atoms with van der Waals surface area (Å²) in [5, 5.41) is 2.98. The van der Waals surface area contributed by atoms with Gasteiger partial charge in [0, 0.05) is 12.0 Å². The van der Waals surface area contributed by atoms with Crippen molar-refractivity contribution in [2.75, 3.05) is 20.6 Å². The molecular weight excluding hydrogens is 188 g/mol. The summed E-state index contributed by atoms with van der Waals surface area (Å²) in [4.78, 5) is 11.5. The van der Waals surface area contributed by atoms with Crippen LogP contribution in [0.4, 0.5) is 0 Å². The Morgan fingerprint density at radius 3 is 2.40 bits per heavy atom. The van der Waals surface area contributed by atoms with E-state index in [0.717, 1.165) is 13.0 Å². The third kappa shape index (κ3) is 4.30. The predicted octanol–water partition coefficient (Wildman–Crippen LogP) is 1.68. The number of carbonyl (C=O) groups is 1. The lowest BCUT2D eigenvalue weighted by atomic mass is 10.2. The van der Waals surface area contributed by atoms with Gasteiger partial charge < -0.3 is 9.80 Å². The van der Waals surface area contributed by atoms with Gasteiger partial charge in [-0.15, -0.1) is 0 Å². The van der Waals surface area contributed by atoms with Crippen LogP contribution in [0.5, 0.6) is 0 Å². The summed E-state index contributed by atoms with van der Waals surface area (Å²) in [5.41, 5.74) is 0.548. The van der Waals surface area contributed by atoms with Gasteiger partial charge in [0.05, 0.1) is 20.6 Å². The first kappa shape index (κ1) is 13.9. The molecule has 0 aliphatic carbocycles. The number of hydrogen-bond acceptors (Lipinski definition) is 1. The first-order chi connectivity index (χ1) is 6.85. The number of carbonyl (C=O) groups excluding carboxylic acids is 1. The zero-order valence-electron chi connectivity index (χ0n) is 10.3. The van der Waals surface area contributed by atoms with Crippen LogP contribution in [0.3, 0.4) is 0 Å². The van der Waals surface area contributed by atoms with E-state index >= 15 is 0 Å². The van der Waals surface area contributed by atoms with E-state index in [4.69, 9.17) is 0 Å². The Hall–Kier alpha value is -1.09. The highest BCUT2D eigenvalue weighted by Crippen LogP contribution is 2.08. The van der Waals surface area contributed by atoms with Crippen molar-refractivity contribution in [3.63, 3.8) is 0 Å². The Balaban J connectivity index is 4.55. The fourth-order valence-electron chi connectivity index (χ4n) is 1.51. The maximum Gasteiger partial charge on any atom is 0.250 e. The highest BCUT2D eigenvalue weighted by molar-refractivity contribution is 5.92. The van der Waals surface area contributed by atoms with E-state index in [-0.39, 0.29) is 12.1 Å². The Morgan fingerprint density at radius 1 is 1.53 bits per heavy atom. The van der Waals surface area contributed by atoms with Gasteiger partial charge in [0.25, 0.3) is 5.91 Å². The molecule has 0 aliphatic heterocycles. The van der Waals surface area contributed by atoms with E-state index in [9.17, 15) is 4.79 Å². The van der Waals surface area contributed by atoms with Gasteiger partial charge in [-0.1, -0.05) is 20.1 Å². The van der Waals surface area contributed by atoms with Crippen molar-refractivity contribution in [3.05, 3.63) is 24.8 Å². The van der Waals surface area contributed by atoms with Crippen LogP contribution in [-0.4, -0.2) is 37.2 Å². The second kappa shape index (κ2) is 5.71. The first-order valence-electron chi connectivity index (χ1n) is 5.25. The SMILES string of the molecule is C=CC[N+](C)(C)C(CC)NC(=O)C(=C)C. The fourth-order valence-corrected chi connectivity index (χ4v) is 1.51. The molecule has 1 amide bonds. The number of hydrogen-bond donors (Lipinski definition) is 1. The van der Waals surface area contributed by atoms with Gasteiger partial charge in [-0.05, 0) is 13.0 Å². The maximum absolute atomic E-state index is 11.5. The molecule has 0 saturated carbocycles. The standard InChI is InChI=1S/C12H22N2O/c1-7-9-14(5,6)11(8-2)13-12(15)10(3)4/h7,11H,1,3,8-9H2,2,4-6H3/p+1. The molecule has 3 heteroatoms. The van der Waals surface area contributed by atoms with Gasteiger partial charge >= 0.3 is 0 Å². The fraction of sp³-hybridized carbons (Fsp3) is 0.583. The molecule has 0 saturated heterocycles. The largest absolute Gasteiger partial charge is 0.306 e. The molecule has 0 heterocycles. The van der Waals surface area contributed by atoms with Crippen LogP contribution in [0.15, 0.2) is 24.8 Å². The number of amides is 1. The molecule has 1 unspecified atom stereocenters. The monoisotopic (exact) mass is 211 g/mol. The molecule has 0 bridgehead atoms. The van der Waals surface area contributed by atoms with Crippen LogP contribution in [0.25, 0.3) is 0 Å². The molecule has 1 N–H and O–H groups in total. The topological polar surface area (TPSA) is 29.1 Å². The molecule has 3 nitrogen and oxygen atoms in total. The smallest absolute Gasteiger partial charge is 0.250 e. The molecule has 0 aromatic rings. The Labute approximate surface area is 93.1 Å². The summed E-state index contributed by atoms with van der Waals surface area (Å²) < 4.78 is 0.707. The summed E-state index contributed by atoms with van der Waals surface area (Å²) in [6.45, 7) is 12.0. The van der Waals surface area contributed by atoms with Crippen LogP contribution < -0.4 is 5.32 Å². The van der Waals surface area contributed by atoms with Gasteiger partial charge in [-0.25, -0.2) is 0 Å². The molecule has 0 fully saturated rings. The van der Waals surface area contributed by atoms with Crippen LogP contribution >= 0.6 is 0 Å². The van der Waals surface area contributed by atoms with E-state index < -0.39 is 0 Å². The van der Waals surface area contributed by atoms with Crippen molar-refractivity contribution >= 4 is 5.91 Å². The number of nitrogens with one attached hydrogen (secondary N) is 1. The summed E-state index contributed by atoms with van der Waals surface area (Å²) in [6, 6.07) is 0. The molecule has 0 rings (SSSR count). The highest BCUT2D eigenvalue weighted by Gasteiger charge is 2.26. The number of quaternary nitrogens is 1. The summed E-state index contributed by atoms with van der Waals surface area (Å²) in [6.07, 6.45) is 2.86. The minimum atomic E-state index is -0.0721. The molecule has 15 heavy (non-hydrogen) atoms. The lowest BCUT2D eigenvalue weighted by Crippen LogP contribution is -2.57. The number of likely N-dealkylation sites (N-methyl/N-ethyl adjacent to an activating group) is 1. The molecule has 0 spiro atoms. The van der Waals surface area contributed by atoms with Crippen molar-refractivity contribution in [1.29, 1.82) is 0 Å². The van der Waals surface area contributed by atoms with Crippen molar-refractivity contribution in [3.8, 4) is 0 Å². The highest BCUT2D eigenvalue weighted by atomic mass is 16.1. The lowest BCUT2D eigenvalue weighted by Gasteiger charge is -2.37. The molecular formula is C12H23N2O+. The van der Waals surface area contributed by atoms with Gasteiger partial charge in [-0.3, -0.25) is 4.79 Å². The summed E-state index contributed by atoms with van der Waals surface area (Å²) in [7, 11) is 4.16. The molecule has 86 valence electrons. The van der Waals surface area contributed by atoms with Gasteiger partial charge in [0.2, 0.25) is 0 Å². The second-order valence-electron chi connectivity index (χ2n) is 4.43. The normalized spacial score (nSPS) is 13.1. The van der Waals surface area contributed by atoms with Gasteiger partial charge in [-0.2, -0.15) is 0 Å². The molecule has 0 radical (unpaired) electrons. The van der Waals surface area contributed by atoms with Crippen molar-refractivity contribution in [1.82, 2.24) is 5.32 Å². The maximum atomic E-state index is 11.5. The van der Waals surface area contributed by atoms with Gasteiger partial charge in [0.15, 0.2) is 6.17 Å². The van der Waals surface area contributed by atoms with E-state index in [1.54, 1.807) is 6.92 Å². The van der Waals surface area contributed by atoms with Crippen molar-refractivity contribution < 1.29 is 9.28 Å². The second-order valence-corrected chi connectivity index (χ2v) is 4.43. The summed E-state index contributed by atoms with van der Waals surface area (Å²) in [5.74, 6) is -0.0721. The molecule has 0 aromatic carbocycles. The van der Waals surface area contributed by atoms with Gasteiger partial charge in [0.1, 0.15) is 0 Å². The average Bonchev–Trinajstić information content (AvgIpc) is 2.12. The molecule has 0 aliphatic rings. The van der Waals surface area contributed by atoms with Crippen LogP contribution in [0.1, 0.15) is 20.3 Å². The minimum absolute atomic E-state index is 0.0721. The number of nitrogens with zero attached hydrogens (tertiary/aromatic N) is 1. The van der Waals surface area contributed by atoms with Crippen LogP contribution in [-0.2, 0) is 4.79 Å². The zero-order chi connectivity index (χ0) is 12.1. The number of rotatable bonds is 6. The van der Waals surface area contributed by atoms with E-state index in [1.807, 2.05) is 6.08 Å². The first-order valence-corrected chi connectivity index (χ1v) is 5.25. The van der Waals surface area contributed by atoms with Crippen LogP contribution in [0, 0.1) is 0 Å². The Morgan fingerprint density at radius 2 is 2.07 bits per heavy atom. The lowest BCUT2D eigenvalue weighted by molar-refractivity contribution is -0.912. The molecule has 1 atom stereocenters. The molecule has 0 aromatic heterocycles. The average molecular weight is 211 g/mol. The quantitative estimate of drug-likeness (QED) is 0.308. The predicted molar refractivity (Wildman–Crippen MR) is 64.2 cm³/mol. The van der Waals surface area contributed by atoms with Crippen molar-refractivity contribution in [2.24, 2.45) is 0 Å². The van der Waals surface area contributed by atoms with E-state index in [2.05, 4.69) is 39.5 Å². The third-order valence-corrected chi connectivity index (χ3v) is 2.52. The zero-order valence-corrected chi connectivity index (χ0v) is 10.3. The minimum Gasteiger partial charge on any atom is -0.306 e. The van der Waals surface area contributed by atoms with Crippen molar-refractivity contribution in [2.45, 2.75) is 26.4 Å². The van der Waals surface area contributed by atoms with E-state index in [1.165, 1.54) is 0 Å². The Kier molecular flexibility index (Phi) is 5.29. The van der Waals surface area contributed by atoms with E-state index in [0.29, 0.717) is 10.1 Å².